The lowest BCUT2D eigenvalue weighted by Crippen LogP contribution is -2.26. The van der Waals surface area contributed by atoms with Crippen molar-refractivity contribution >= 4 is 5.94 Å². The Bertz CT molecular complexity index is 149. The number of nitrogens with one attached hydrogen (secondary N) is 1. The third kappa shape index (κ3) is 1.19. The van der Waals surface area contributed by atoms with Crippen LogP contribution in [0.1, 0.15) is 6.42 Å². The van der Waals surface area contributed by atoms with Gasteiger partial charge in [0.25, 0.3) is 0 Å². The van der Waals surface area contributed by atoms with Crippen LogP contribution in [0.4, 0.5) is 0 Å². The number of aliphatic hydroxyl groups excluding tert-OH is 1. The monoisotopic (exact) mass is 127 g/mol. The van der Waals surface area contributed by atoms with Crippen molar-refractivity contribution in [1.82, 2.24) is 5.32 Å². The first kappa shape index (κ1) is 6.49. The summed E-state index contributed by atoms with van der Waals surface area (Å²) in [5.74, 6) is 1.81. The van der Waals surface area contributed by atoms with Gasteiger partial charge < -0.3 is 10.4 Å². The Morgan fingerprint density at radius 2 is 2.67 bits per heavy atom. The molecule has 1 rings (SSSR count). The minimum absolute atomic E-state index is 0.00454. The highest BCUT2D eigenvalue weighted by molar-refractivity contribution is 5.55. The summed E-state index contributed by atoms with van der Waals surface area (Å²) >= 11 is 0. The van der Waals surface area contributed by atoms with E-state index in [0.29, 0.717) is 5.57 Å². The van der Waals surface area contributed by atoms with E-state index in [1.54, 1.807) is 0 Å². The molecule has 50 valence electrons. The second kappa shape index (κ2) is 2.78. The van der Waals surface area contributed by atoms with E-state index in [-0.39, 0.29) is 12.6 Å². The average molecular weight is 127 g/mol. The molecule has 3 heteroatoms. The SMILES string of the molecule is O=C=C1CCN[C@@H]1CO. The van der Waals surface area contributed by atoms with Crippen LogP contribution in [0.5, 0.6) is 0 Å². The Balaban J connectivity index is 2.62. The summed E-state index contributed by atoms with van der Waals surface area (Å²) < 4.78 is 0. The fourth-order valence-corrected chi connectivity index (χ4v) is 0.975. The molecule has 0 aromatic carbocycles. The van der Waals surface area contributed by atoms with Crippen molar-refractivity contribution in [2.75, 3.05) is 13.2 Å². The molecule has 1 aliphatic heterocycles. The molecule has 0 spiro atoms. The van der Waals surface area contributed by atoms with Gasteiger partial charge in [-0.05, 0) is 6.42 Å². The maximum absolute atomic E-state index is 10.1. The largest absolute Gasteiger partial charge is 0.394 e. The lowest BCUT2D eigenvalue weighted by atomic mass is 10.1. The van der Waals surface area contributed by atoms with Crippen molar-refractivity contribution in [2.45, 2.75) is 12.5 Å². The van der Waals surface area contributed by atoms with Crippen LogP contribution in [0.15, 0.2) is 5.57 Å². The van der Waals surface area contributed by atoms with E-state index in [1.165, 1.54) is 0 Å². The van der Waals surface area contributed by atoms with E-state index in [2.05, 4.69) is 5.32 Å². The van der Waals surface area contributed by atoms with Crippen LogP contribution in [0, 0.1) is 0 Å². The van der Waals surface area contributed by atoms with E-state index in [1.807, 2.05) is 5.94 Å². The number of carbonyl (C=O) groups excluding carboxylic acids is 1. The summed E-state index contributed by atoms with van der Waals surface area (Å²) in [4.78, 5) is 10.1. The molecule has 1 saturated heterocycles. The number of hydrogen-bond donors (Lipinski definition) is 2. The van der Waals surface area contributed by atoms with Gasteiger partial charge in [0.15, 0.2) is 0 Å². The van der Waals surface area contributed by atoms with E-state index in [9.17, 15) is 4.79 Å². The second-order valence-corrected chi connectivity index (χ2v) is 2.07. The molecule has 0 aromatic heterocycles. The van der Waals surface area contributed by atoms with Gasteiger partial charge in [-0.15, -0.1) is 0 Å². The summed E-state index contributed by atoms with van der Waals surface area (Å²) in [5.41, 5.74) is 0.664. The summed E-state index contributed by atoms with van der Waals surface area (Å²) in [6.07, 6.45) is 0.731. The number of aliphatic hydroxyl groups is 1. The molecule has 2 N–H and O–H groups in total. The Morgan fingerprint density at radius 1 is 1.89 bits per heavy atom. The third-order valence-electron chi connectivity index (χ3n) is 1.52. The zero-order chi connectivity index (χ0) is 6.69. The minimum atomic E-state index is -0.123. The molecule has 0 aliphatic carbocycles. The predicted molar refractivity (Wildman–Crippen MR) is 32.7 cm³/mol. The van der Waals surface area contributed by atoms with Gasteiger partial charge in [0.1, 0.15) is 5.94 Å². The molecule has 1 atom stereocenters. The van der Waals surface area contributed by atoms with Crippen molar-refractivity contribution < 1.29 is 9.90 Å². The van der Waals surface area contributed by atoms with Gasteiger partial charge in [-0.3, -0.25) is 0 Å². The topological polar surface area (TPSA) is 49.3 Å². The lowest BCUT2D eigenvalue weighted by molar-refractivity contribution is 0.270. The van der Waals surface area contributed by atoms with E-state index in [4.69, 9.17) is 5.11 Å². The van der Waals surface area contributed by atoms with Crippen LogP contribution < -0.4 is 5.32 Å². The number of rotatable bonds is 1. The highest BCUT2D eigenvalue weighted by Crippen LogP contribution is 2.08. The second-order valence-electron chi connectivity index (χ2n) is 2.07. The molecule has 1 heterocycles. The lowest BCUT2D eigenvalue weighted by Gasteiger charge is -2.02. The molecule has 3 nitrogen and oxygen atoms in total. The van der Waals surface area contributed by atoms with Gasteiger partial charge in [0.2, 0.25) is 0 Å². The first-order valence-electron chi connectivity index (χ1n) is 2.96. The van der Waals surface area contributed by atoms with Crippen molar-refractivity contribution in [3.05, 3.63) is 5.57 Å². The van der Waals surface area contributed by atoms with Crippen LogP contribution >= 0.6 is 0 Å². The molecule has 9 heavy (non-hydrogen) atoms. The zero-order valence-corrected chi connectivity index (χ0v) is 5.05. The first-order valence-corrected chi connectivity index (χ1v) is 2.96. The average Bonchev–Trinajstić information content (AvgIpc) is 2.33. The van der Waals surface area contributed by atoms with Crippen LogP contribution in [0.3, 0.4) is 0 Å². The zero-order valence-electron chi connectivity index (χ0n) is 5.05. The molecule has 0 radical (unpaired) electrons. The van der Waals surface area contributed by atoms with E-state index in [0.717, 1.165) is 13.0 Å². The van der Waals surface area contributed by atoms with Gasteiger partial charge in [0.05, 0.1) is 12.6 Å². The van der Waals surface area contributed by atoms with Gasteiger partial charge in [0, 0.05) is 12.1 Å². The molecule has 1 aliphatic rings. The summed E-state index contributed by atoms with van der Waals surface area (Å²) in [7, 11) is 0. The van der Waals surface area contributed by atoms with Crippen molar-refractivity contribution in [3.8, 4) is 0 Å². The Labute approximate surface area is 53.4 Å². The summed E-state index contributed by atoms with van der Waals surface area (Å²) in [6.45, 7) is 0.792. The van der Waals surface area contributed by atoms with E-state index < -0.39 is 0 Å². The minimum Gasteiger partial charge on any atom is -0.394 e. The predicted octanol–water partition coefficient (Wildman–Crippen LogP) is -0.901. The standard InChI is InChI=1S/C6H9NO2/c8-3-5-1-2-7-6(5)4-9/h6-7,9H,1-2,4H2/t6-/m1/s1. The molecule has 0 aromatic rings. The molecule has 1 fully saturated rings. The Hall–Kier alpha value is -0.630. The number of hydrogen-bond acceptors (Lipinski definition) is 3. The summed E-state index contributed by atoms with van der Waals surface area (Å²) in [5, 5.41) is 11.6. The molecule has 0 unspecified atom stereocenters. The van der Waals surface area contributed by atoms with Gasteiger partial charge >= 0.3 is 0 Å². The van der Waals surface area contributed by atoms with Gasteiger partial charge in [-0.25, -0.2) is 4.79 Å². The fraction of sp³-hybridized carbons (Fsp3) is 0.667. The van der Waals surface area contributed by atoms with Crippen LogP contribution in [-0.4, -0.2) is 30.2 Å². The van der Waals surface area contributed by atoms with Crippen molar-refractivity contribution in [3.63, 3.8) is 0 Å². The quantitative estimate of drug-likeness (QED) is 0.449. The molecular weight excluding hydrogens is 118 g/mol. The smallest absolute Gasteiger partial charge is 0.125 e. The molecule has 0 bridgehead atoms. The van der Waals surface area contributed by atoms with Crippen LogP contribution in [-0.2, 0) is 4.79 Å². The maximum Gasteiger partial charge on any atom is 0.125 e. The normalized spacial score (nSPS) is 26.3. The van der Waals surface area contributed by atoms with E-state index >= 15 is 0 Å². The van der Waals surface area contributed by atoms with Crippen molar-refractivity contribution in [2.24, 2.45) is 0 Å². The third-order valence-corrected chi connectivity index (χ3v) is 1.52. The summed E-state index contributed by atoms with van der Waals surface area (Å²) in [6, 6.07) is -0.123. The fourth-order valence-electron chi connectivity index (χ4n) is 0.975. The van der Waals surface area contributed by atoms with Crippen LogP contribution in [0.25, 0.3) is 0 Å². The highest BCUT2D eigenvalue weighted by atomic mass is 16.3. The maximum atomic E-state index is 10.1. The highest BCUT2D eigenvalue weighted by Gasteiger charge is 2.19. The van der Waals surface area contributed by atoms with Gasteiger partial charge in [-0.1, -0.05) is 0 Å². The van der Waals surface area contributed by atoms with Crippen LogP contribution in [0.2, 0.25) is 0 Å². The molecular formula is C6H9NO2. The first-order chi connectivity index (χ1) is 4.38. The Morgan fingerprint density at radius 3 is 3.11 bits per heavy atom. The molecule has 0 saturated carbocycles. The molecule has 0 amide bonds. The Kier molecular flexibility index (Phi) is 2.01. The van der Waals surface area contributed by atoms with Crippen molar-refractivity contribution in [1.29, 1.82) is 0 Å². The van der Waals surface area contributed by atoms with Gasteiger partial charge in [-0.2, -0.15) is 0 Å².